The van der Waals surface area contributed by atoms with Crippen molar-refractivity contribution in [2.75, 3.05) is 32.7 Å². The SMILES string of the molecule is O=C(O)[C@]1(CCN2CC(F)(F)C2)CCCN(Cc2cnc(-c3ccccc3OC(F)F)s2)C1. The summed E-state index contributed by atoms with van der Waals surface area (Å²) in [5.74, 6) is -3.52. The molecule has 1 N–H and O–H groups in total. The van der Waals surface area contributed by atoms with Gasteiger partial charge in [-0.15, -0.1) is 11.3 Å². The molecular formula is C22H25F4N3O3S. The van der Waals surface area contributed by atoms with Gasteiger partial charge in [0.2, 0.25) is 0 Å². The van der Waals surface area contributed by atoms with Crippen molar-refractivity contribution in [1.29, 1.82) is 0 Å². The largest absolute Gasteiger partial charge is 0.481 e. The molecule has 0 aliphatic carbocycles. The van der Waals surface area contributed by atoms with Crippen molar-refractivity contribution in [3.05, 3.63) is 35.3 Å². The van der Waals surface area contributed by atoms with Crippen LogP contribution in [0.2, 0.25) is 0 Å². The summed E-state index contributed by atoms with van der Waals surface area (Å²) >= 11 is 1.34. The smallest absolute Gasteiger partial charge is 0.387 e. The average Bonchev–Trinajstić information content (AvgIpc) is 3.19. The Labute approximate surface area is 192 Å². The van der Waals surface area contributed by atoms with Crippen molar-refractivity contribution >= 4 is 17.3 Å². The molecule has 6 nitrogen and oxygen atoms in total. The van der Waals surface area contributed by atoms with Gasteiger partial charge in [0.25, 0.3) is 5.92 Å². The van der Waals surface area contributed by atoms with Gasteiger partial charge in [0.1, 0.15) is 10.8 Å². The van der Waals surface area contributed by atoms with E-state index < -0.39 is 23.9 Å². The molecule has 0 amide bonds. The predicted octanol–water partition coefficient (Wildman–Crippen LogP) is 4.42. The van der Waals surface area contributed by atoms with Gasteiger partial charge in [-0.1, -0.05) is 12.1 Å². The summed E-state index contributed by atoms with van der Waals surface area (Å²) in [6.45, 7) is -1.71. The van der Waals surface area contributed by atoms with E-state index in [0.717, 1.165) is 11.4 Å². The molecule has 2 fully saturated rings. The number of aromatic nitrogens is 1. The van der Waals surface area contributed by atoms with E-state index in [1.807, 2.05) is 4.90 Å². The van der Waals surface area contributed by atoms with Gasteiger partial charge in [0.15, 0.2) is 0 Å². The Morgan fingerprint density at radius 2 is 1.97 bits per heavy atom. The summed E-state index contributed by atoms with van der Waals surface area (Å²) in [7, 11) is 0. The van der Waals surface area contributed by atoms with Crippen LogP contribution in [0.4, 0.5) is 17.6 Å². The van der Waals surface area contributed by atoms with Gasteiger partial charge in [-0.25, -0.2) is 13.8 Å². The molecule has 180 valence electrons. The van der Waals surface area contributed by atoms with Crippen LogP contribution >= 0.6 is 11.3 Å². The lowest BCUT2D eigenvalue weighted by Crippen LogP contribution is -2.57. The molecule has 3 heterocycles. The summed E-state index contributed by atoms with van der Waals surface area (Å²) in [5, 5.41) is 10.5. The number of halogens is 4. The number of likely N-dealkylation sites (tertiary alicyclic amines) is 2. The number of hydrogen-bond acceptors (Lipinski definition) is 6. The fourth-order valence-corrected chi connectivity index (χ4v) is 5.54. The second-order valence-electron chi connectivity index (χ2n) is 8.72. The highest BCUT2D eigenvalue weighted by molar-refractivity contribution is 7.15. The van der Waals surface area contributed by atoms with Crippen molar-refractivity contribution in [3.63, 3.8) is 0 Å². The minimum absolute atomic E-state index is 0.0489. The third-order valence-corrected chi connectivity index (χ3v) is 7.21. The van der Waals surface area contributed by atoms with Crippen molar-refractivity contribution in [2.24, 2.45) is 5.41 Å². The highest BCUT2D eigenvalue weighted by Gasteiger charge is 2.47. The van der Waals surface area contributed by atoms with Crippen LogP contribution in [-0.4, -0.2) is 71.1 Å². The number of alkyl halides is 4. The molecule has 2 aliphatic heterocycles. The third-order valence-electron chi connectivity index (χ3n) is 6.19. The predicted molar refractivity (Wildman–Crippen MR) is 115 cm³/mol. The molecule has 1 aromatic heterocycles. The Balaban J connectivity index is 1.41. The first-order valence-electron chi connectivity index (χ1n) is 10.7. The zero-order valence-electron chi connectivity index (χ0n) is 17.9. The molecular weight excluding hydrogens is 462 g/mol. The van der Waals surface area contributed by atoms with E-state index in [9.17, 15) is 27.5 Å². The zero-order chi connectivity index (χ0) is 23.6. The van der Waals surface area contributed by atoms with E-state index in [0.29, 0.717) is 49.5 Å². The Hall–Kier alpha value is -2.24. The van der Waals surface area contributed by atoms with E-state index in [1.54, 1.807) is 29.3 Å². The molecule has 11 heteroatoms. The highest BCUT2D eigenvalue weighted by Crippen LogP contribution is 2.38. The van der Waals surface area contributed by atoms with Crippen molar-refractivity contribution in [1.82, 2.24) is 14.8 Å². The number of nitrogens with zero attached hydrogens (tertiary/aromatic N) is 3. The Kier molecular flexibility index (Phi) is 6.92. The monoisotopic (exact) mass is 487 g/mol. The van der Waals surface area contributed by atoms with E-state index in [4.69, 9.17) is 0 Å². The lowest BCUT2D eigenvalue weighted by atomic mass is 9.76. The second kappa shape index (κ2) is 9.55. The van der Waals surface area contributed by atoms with E-state index >= 15 is 0 Å². The van der Waals surface area contributed by atoms with Crippen molar-refractivity contribution in [2.45, 2.75) is 38.3 Å². The number of carboxylic acid groups (broad SMARTS) is 1. The maximum Gasteiger partial charge on any atom is 0.387 e. The molecule has 0 radical (unpaired) electrons. The summed E-state index contributed by atoms with van der Waals surface area (Å²) in [4.78, 5) is 21.0. The molecule has 4 rings (SSSR count). The Morgan fingerprint density at radius 3 is 2.67 bits per heavy atom. The van der Waals surface area contributed by atoms with Gasteiger partial charge >= 0.3 is 12.6 Å². The van der Waals surface area contributed by atoms with Crippen molar-refractivity contribution < 1.29 is 32.2 Å². The van der Waals surface area contributed by atoms with Crippen LogP contribution in [-0.2, 0) is 11.3 Å². The minimum atomic E-state index is -2.94. The third kappa shape index (κ3) is 5.64. The number of carboxylic acids is 1. The summed E-state index contributed by atoms with van der Waals surface area (Å²) in [6, 6.07) is 6.45. The van der Waals surface area contributed by atoms with E-state index in [1.165, 1.54) is 17.4 Å². The van der Waals surface area contributed by atoms with Gasteiger partial charge in [-0.05, 0) is 44.5 Å². The highest BCUT2D eigenvalue weighted by atomic mass is 32.1. The van der Waals surface area contributed by atoms with Crippen LogP contribution in [0.15, 0.2) is 30.5 Å². The molecule has 1 atom stereocenters. The zero-order valence-corrected chi connectivity index (χ0v) is 18.7. The number of piperidine rings is 1. The number of carbonyl (C=O) groups is 1. The average molecular weight is 488 g/mol. The quantitative estimate of drug-likeness (QED) is 0.529. The van der Waals surface area contributed by atoms with E-state index in [-0.39, 0.29) is 18.8 Å². The fraction of sp³-hybridized carbons (Fsp3) is 0.545. The molecule has 0 saturated carbocycles. The van der Waals surface area contributed by atoms with Crippen LogP contribution in [0.1, 0.15) is 24.1 Å². The Morgan fingerprint density at radius 1 is 1.21 bits per heavy atom. The maximum absolute atomic E-state index is 13.1. The number of thiazole rings is 1. The van der Waals surface area contributed by atoms with Gasteiger partial charge in [0.05, 0.1) is 24.1 Å². The first-order valence-corrected chi connectivity index (χ1v) is 11.5. The lowest BCUT2D eigenvalue weighted by molar-refractivity contribution is -0.157. The second-order valence-corrected chi connectivity index (χ2v) is 9.84. The first kappa shape index (κ1) is 23.9. The molecule has 0 unspecified atom stereocenters. The van der Waals surface area contributed by atoms with Gasteiger partial charge in [-0.2, -0.15) is 8.78 Å². The van der Waals surface area contributed by atoms with Gasteiger partial charge in [0, 0.05) is 24.2 Å². The first-order chi connectivity index (χ1) is 15.7. The van der Waals surface area contributed by atoms with Crippen LogP contribution in [0.25, 0.3) is 10.6 Å². The number of rotatable bonds is 9. The number of ether oxygens (including phenoxy) is 1. The van der Waals surface area contributed by atoms with Crippen LogP contribution in [0, 0.1) is 5.41 Å². The minimum Gasteiger partial charge on any atom is -0.481 e. The molecule has 0 bridgehead atoms. The maximum atomic E-state index is 13.1. The molecule has 0 spiro atoms. The van der Waals surface area contributed by atoms with Gasteiger partial charge < -0.3 is 9.84 Å². The van der Waals surface area contributed by atoms with Gasteiger partial charge in [-0.3, -0.25) is 14.6 Å². The molecule has 2 saturated heterocycles. The Bertz CT molecular complexity index is 981. The molecule has 1 aromatic carbocycles. The lowest BCUT2D eigenvalue weighted by Gasteiger charge is -2.43. The fourth-order valence-electron chi connectivity index (χ4n) is 4.55. The molecule has 2 aliphatic rings. The summed E-state index contributed by atoms with van der Waals surface area (Å²) in [5.41, 5.74) is -0.507. The number of hydrogen-bond donors (Lipinski definition) is 1. The number of benzene rings is 1. The van der Waals surface area contributed by atoms with E-state index in [2.05, 4.69) is 9.72 Å². The topological polar surface area (TPSA) is 65.9 Å². The standard InChI is InChI=1S/C22H25F4N3O3S/c23-20(24)32-17-5-2-1-4-16(17)18-27-10-15(33-18)11-28-8-3-6-21(12-28,19(30)31)7-9-29-13-22(25,26)14-29/h1-2,4-5,10,20H,3,6-9,11-14H2,(H,30,31)/t21-/m0/s1. The summed E-state index contributed by atoms with van der Waals surface area (Å²) < 4.78 is 56.2. The number of para-hydroxylation sites is 1. The number of aliphatic carboxylic acids is 1. The van der Waals surface area contributed by atoms with Crippen LogP contribution in [0.5, 0.6) is 5.75 Å². The molecule has 33 heavy (non-hydrogen) atoms. The van der Waals surface area contributed by atoms with Crippen LogP contribution in [0.3, 0.4) is 0 Å². The van der Waals surface area contributed by atoms with Crippen molar-refractivity contribution in [3.8, 4) is 16.3 Å². The molecule has 2 aromatic rings. The summed E-state index contributed by atoms with van der Waals surface area (Å²) in [6.07, 6.45) is 3.19. The van der Waals surface area contributed by atoms with Crippen LogP contribution < -0.4 is 4.74 Å². The normalized spacial score (nSPS) is 23.4.